The molecule has 0 heterocycles. The molecule has 2 heteroatoms. The van der Waals surface area contributed by atoms with Crippen LogP contribution in [-0.2, 0) is 4.79 Å². The van der Waals surface area contributed by atoms with E-state index in [4.69, 9.17) is 5.73 Å². The summed E-state index contributed by atoms with van der Waals surface area (Å²) in [5.41, 5.74) is 5.08. The average molecular weight is 125 g/mol. The van der Waals surface area contributed by atoms with Crippen LogP contribution in [0.25, 0.3) is 0 Å². The molecule has 0 spiro atoms. The van der Waals surface area contributed by atoms with Crippen molar-refractivity contribution in [2.45, 2.75) is 19.3 Å². The number of nitrogens with two attached hydrogens (primary N) is 1. The fraction of sp³-hybridized carbons (Fsp3) is 0.571. The van der Waals surface area contributed by atoms with Gasteiger partial charge in [-0.3, -0.25) is 4.79 Å². The molecule has 9 heavy (non-hydrogen) atoms. The highest BCUT2D eigenvalue weighted by Crippen LogP contribution is 2.15. The standard InChI is InChI=1S/C7H11NO/c8-7(9)6-4-2-1-3-5-6/h2,4,6H,1,3,5H2,(H2,8,9)/t6-/m1/s1. The predicted octanol–water partition coefficient (Wildman–Crippen LogP) is 0.828. The summed E-state index contributed by atoms with van der Waals surface area (Å²) in [4.78, 5) is 10.5. The summed E-state index contributed by atoms with van der Waals surface area (Å²) in [5.74, 6) is -0.176. The van der Waals surface area contributed by atoms with Crippen LogP contribution < -0.4 is 5.73 Å². The molecule has 1 atom stereocenters. The van der Waals surface area contributed by atoms with Gasteiger partial charge in [0, 0.05) is 0 Å². The van der Waals surface area contributed by atoms with E-state index in [0.717, 1.165) is 19.3 Å². The quantitative estimate of drug-likeness (QED) is 0.518. The van der Waals surface area contributed by atoms with Crippen molar-refractivity contribution in [2.75, 3.05) is 0 Å². The topological polar surface area (TPSA) is 43.1 Å². The molecule has 0 aliphatic heterocycles. The third-order valence-electron chi connectivity index (χ3n) is 1.62. The SMILES string of the molecule is NC(=O)[C@@H]1C=CCCC1. The Hall–Kier alpha value is -0.790. The molecule has 0 fully saturated rings. The molecule has 0 saturated heterocycles. The molecule has 1 rings (SSSR count). The van der Waals surface area contributed by atoms with Gasteiger partial charge in [-0.1, -0.05) is 12.2 Å². The van der Waals surface area contributed by atoms with Crippen LogP contribution in [-0.4, -0.2) is 5.91 Å². The third-order valence-corrected chi connectivity index (χ3v) is 1.62. The number of carbonyl (C=O) groups is 1. The second-order valence-corrected chi connectivity index (χ2v) is 2.37. The summed E-state index contributed by atoms with van der Waals surface area (Å²) in [7, 11) is 0. The summed E-state index contributed by atoms with van der Waals surface area (Å²) < 4.78 is 0. The van der Waals surface area contributed by atoms with Gasteiger partial charge >= 0.3 is 0 Å². The van der Waals surface area contributed by atoms with Crippen LogP contribution >= 0.6 is 0 Å². The molecule has 0 radical (unpaired) electrons. The second kappa shape index (κ2) is 2.67. The number of hydrogen-bond donors (Lipinski definition) is 1. The fourth-order valence-electron chi connectivity index (χ4n) is 1.05. The maximum Gasteiger partial charge on any atom is 0.224 e. The first-order valence-electron chi connectivity index (χ1n) is 3.26. The zero-order chi connectivity index (χ0) is 6.69. The number of rotatable bonds is 1. The minimum absolute atomic E-state index is 0.0127. The van der Waals surface area contributed by atoms with Crippen molar-refractivity contribution in [1.82, 2.24) is 0 Å². The van der Waals surface area contributed by atoms with E-state index in [0.29, 0.717) is 0 Å². The minimum Gasteiger partial charge on any atom is -0.369 e. The molecule has 50 valence electrons. The number of hydrogen-bond acceptors (Lipinski definition) is 1. The van der Waals surface area contributed by atoms with Crippen LogP contribution in [0.15, 0.2) is 12.2 Å². The van der Waals surface area contributed by atoms with Gasteiger partial charge in [-0.2, -0.15) is 0 Å². The maximum atomic E-state index is 10.5. The van der Waals surface area contributed by atoms with Crippen LogP contribution in [0.5, 0.6) is 0 Å². The zero-order valence-electron chi connectivity index (χ0n) is 5.34. The molecule has 0 unspecified atom stereocenters. The van der Waals surface area contributed by atoms with Crippen LogP contribution in [0.3, 0.4) is 0 Å². The largest absolute Gasteiger partial charge is 0.369 e. The molecular formula is C7H11NO. The lowest BCUT2D eigenvalue weighted by Crippen LogP contribution is -2.22. The molecule has 2 nitrogen and oxygen atoms in total. The van der Waals surface area contributed by atoms with E-state index < -0.39 is 0 Å². The molecule has 0 aromatic carbocycles. The minimum atomic E-state index is -0.189. The Bertz CT molecular complexity index is 140. The van der Waals surface area contributed by atoms with Gasteiger partial charge in [0.05, 0.1) is 5.92 Å². The predicted molar refractivity (Wildman–Crippen MR) is 35.7 cm³/mol. The van der Waals surface area contributed by atoms with Crippen molar-refractivity contribution >= 4 is 5.91 Å². The molecule has 0 bridgehead atoms. The summed E-state index contributed by atoms with van der Waals surface area (Å²) >= 11 is 0. The van der Waals surface area contributed by atoms with Gasteiger partial charge in [0.25, 0.3) is 0 Å². The molecule has 2 N–H and O–H groups in total. The van der Waals surface area contributed by atoms with Crippen LogP contribution in [0.4, 0.5) is 0 Å². The smallest absolute Gasteiger partial charge is 0.224 e. The Morgan fingerprint density at radius 1 is 1.67 bits per heavy atom. The number of amides is 1. The Kier molecular flexibility index (Phi) is 1.88. The zero-order valence-corrected chi connectivity index (χ0v) is 5.34. The van der Waals surface area contributed by atoms with Gasteiger partial charge < -0.3 is 5.73 Å². The summed E-state index contributed by atoms with van der Waals surface area (Å²) in [6, 6.07) is 0. The van der Waals surface area contributed by atoms with Crippen molar-refractivity contribution in [2.24, 2.45) is 11.7 Å². The Morgan fingerprint density at radius 2 is 2.44 bits per heavy atom. The van der Waals surface area contributed by atoms with Crippen molar-refractivity contribution < 1.29 is 4.79 Å². The summed E-state index contributed by atoms with van der Waals surface area (Å²) in [5, 5.41) is 0. The highest BCUT2D eigenvalue weighted by molar-refractivity contribution is 5.78. The molecule has 1 amide bonds. The molecule has 0 saturated carbocycles. The van der Waals surface area contributed by atoms with Gasteiger partial charge in [-0.05, 0) is 19.3 Å². The summed E-state index contributed by atoms with van der Waals surface area (Å²) in [6.45, 7) is 0. The lowest BCUT2D eigenvalue weighted by atomic mass is 9.96. The van der Waals surface area contributed by atoms with E-state index in [1.165, 1.54) is 0 Å². The van der Waals surface area contributed by atoms with E-state index in [2.05, 4.69) is 0 Å². The molecule has 1 aliphatic rings. The number of primary amides is 1. The third kappa shape index (κ3) is 1.56. The monoisotopic (exact) mass is 125 g/mol. The van der Waals surface area contributed by atoms with Gasteiger partial charge in [-0.15, -0.1) is 0 Å². The lowest BCUT2D eigenvalue weighted by Gasteiger charge is -2.10. The van der Waals surface area contributed by atoms with E-state index in [1.807, 2.05) is 12.2 Å². The van der Waals surface area contributed by atoms with Gasteiger partial charge in [0.15, 0.2) is 0 Å². The highest BCUT2D eigenvalue weighted by Gasteiger charge is 2.12. The first-order valence-corrected chi connectivity index (χ1v) is 3.26. The Labute approximate surface area is 54.7 Å². The molecule has 0 aromatic heterocycles. The van der Waals surface area contributed by atoms with Crippen LogP contribution in [0, 0.1) is 5.92 Å². The Morgan fingerprint density at radius 3 is 2.78 bits per heavy atom. The molecule has 0 aromatic rings. The molecule has 1 aliphatic carbocycles. The fourth-order valence-corrected chi connectivity index (χ4v) is 1.05. The van der Waals surface area contributed by atoms with Crippen molar-refractivity contribution in [3.8, 4) is 0 Å². The van der Waals surface area contributed by atoms with Gasteiger partial charge in [0.1, 0.15) is 0 Å². The number of allylic oxidation sites excluding steroid dienone is 1. The van der Waals surface area contributed by atoms with Crippen molar-refractivity contribution in [3.63, 3.8) is 0 Å². The first kappa shape index (κ1) is 6.33. The van der Waals surface area contributed by atoms with Crippen molar-refractivity contribution in [3.05, 3.63) is 12.2 Å². The van der Waals surface area contributed by atoms with E-state index in [-0.39, 0.29) is 11.8 Å². The van der Waals surface area contributed by atoms with Crippen LogP contribution in [0.1, 0.15) is 19.3 Å². The second-order valence-electron chi connectivity index (χ2n) is 2.37. The van der Waals surface area contributed by atoms with E-state index >= 15 is 0 Å². The highest BCUT2D eigenvalue weighted by atomic mass is 16.1. The van der Waals surface area contributed by atoms with E-state index in [9.17, 15) is 4.79 Å². The van der Waals surface area contributed by atoms with E-state index in [1.54, 1.807) is 0 Å². The first-order chi connectivity index (χ1) is 4.30. The maximum absolute atomic E-state index is 10.5. The van der Waals surface area contributed by atoms with Crippen LogP contribution in [0.2, 0.25) is 0 Å². The molecular weight excluding hydrogens is 114 g/mol. The lowest BCUT2D eigenvalue weighted by molar-refractivity contribution is -0.120. The summed E-state index contributed by atoms with van der Waals surface area (Å²) in [6.07, 6.45) is 7.07. The van der Waals surface area contributed by atoms with Crippen molar-refractivity contribution in [1.29, 1.82) is 0 Å². The average Bonchev–Trinajstić information content (AvgIpc) is 1.90. The number of carbonyl (C=O) groups excluding carboxylic acids is 1. The van der Waals surface area contributed by atoms with Gasteiger partial charge in [0.2, 0.25) is 5.91 Å². The normalized spacial score (nSPS) is 26.0. The van der Waals surface area contributed by atoms with Gasteiger partial charge in [-0.25, -0.2) is 0 Å². The Balaban J connectivity index is 2.50.